The van der Waals surface area contributed by atoms with Crippen LogP contribution in [0.25, 0.3) is 0 Å². The number of nitrogens with zero attached hydrogens (tertiary/aromatic N) is 2. The Morgan fingerprint density at radius 1 is 1.36 bits per heavy atom. The molecule has 1 aliphatic carbocycles. The van der Waals surface area contributed by atoms with Crippen molar-refractivity contribution in [2.24, 2.45) is 0 Å². The number of aromatic nitrogens is 1. The van der Waals surface area contributed by atoms with E-state index in [1.807, 2.05) is 17.9 Å². The lowest BCUT2D eigenvalue weighted by Gasteiger charge is -2.32. The minimum Gasteiger partial charge on any atom is -0.481 e. The van der Waals surface area contributed by atoms with Crippen LogP contribution in [0.1, 0.15) is 73.5 Å². The van der Waals surface area contributed by atoms with Gasteiger partial charge in [-0.2, -0.15) is 0 Å². The van der Waals surface area contributed by atoms with Gasteiger partial charge in [-0.3, -0.25) is 9.59 Å². The molecule has 7 heteroatoms. The highest BCUT2D eigenvalue weighted by molar-refractivity contribution is 5.98. The van der Waals surface area contributed by atoms with E-state index in [0.717, 1.165) is 36.9 Å². The van der Waals surface area contributed by atoms with Crippen LogP contribution in [0.2, 0.25) is 0 Å². The monoisotopic (exact) mass is 387 g/mol. The maximum Gasteiger partial charge on any atom is 0.256 e. The molecule has 1 atom stereocenters. The number of fused-ring (bicyclic) bond motifs is 1. The number of hydrogen-bond donors (Lipinski definition) is 1. The molecule has 3 aliphatic rings. The number of nitrogens with one attached hydrogen (secondary N) is 1. The van der Waals surface area contributed by atoms with Crippen LogP contribution in [0, 0.1) is 0 Å². The second-order valence-electron chi connectivity index (χ2n) is 8.24. The molecule has 1 saturated heterocycles. The van der Waals surface area contributed by atoms with E-state index in [2.05, 4.69) is 10.3 Å². The minimum absolute atomic E-state index is 0.0483. The van der Waals surface area contributed by atoms with Crippen LogP contribution in [0.4, 0.5) is 0 Å². The van der Waals surface area contributed by atoms with Gasteiger partial charge in [0.1, 0.15) is 5.60 Å². The third-order valence-electron chi connectivity index (χ3n) is 6.30. The van der Waals surface area contributed by atoms with Crippen molar-refractivity contribution >= 4 is 11.8 Å². The van der Waals surface area contributed by atoms with Crippen LogP contribution in [-0.2, 0) is 22.6 Å². The topological polar surface area (TPSA) is 80.8 Å². The Hall–Kier alpha value is -2.15. The van der Waals surface area contributed by atoms with Gasteiger partial charge >= 0.3 is 0 Å². The number of rotatable bonds is 5. The number of carbonyl (C=O) groups excluding carboxylic acids is 2. The zero-order valence-electron chi connectivity index (χ0n) is 16.8. The van der Waals surface area contributed by atoms with Gasteiger partial charge in [-0.15, -0.1) is 0 Å². The first-order chi connectivity index (χ1) is 13.5. The predicted molar refractivity (Wildman–Crippen MR) is 103 cm³/mol. The average molecular weight is 387 g/mol. The zero-order chi connectivity index (χ0) is 19.7. The predicted octanol–water partition coefficient (Wildman–Crippen LogP) is 2.56. The molecular weight excluding hydrogens is 358 g/mol. The van der Waals surface area contributed by atoms with Crippen LogP contribution in [0.15, 0.2) is 6.07 Å². The molecule has 0 radical (unpaired) electrons. The lowest BCUT2D eigenvalue weighted by molar-refractivity contribution is -0.150. The Balaban J connectivity index is 1.49. The average Bonchev–Trinajstić information content (AvgIpc) is 3.34. The van der Waals surface area contributed by atoms with E-state index in [-0.39, 0.29) is 18.4 Å². The molecule has 4 rings (SSSR count). The van der Waals surface area contributed by atoms with Crippen molar-refractivity contribution in [3.05, 3.63) is 22.9 Å². The summed E-state index contributed by atoms with van der Waals surface area (Å²) < 4.78 is 11.2. The summed E-state index contributed by atoms with van der Waals surface area (Å²) >= 11 is 0. The zero-order valence-corrected chi connectivity index (χ0v) is 16.8. The van der Waals surface area contributed by atoms with Gasteiger partial charge in [-0.05, 0) is 45.1 Å². The molecule has 2 fully saturated rings. The van der Waals surface area contributed by atoms with Crippen LogP contribution in [-0.4, -0.2) is 47.1 Å². The summed E-state index contributed by atoms with van der Waals surface area (Å²) in [6.07, 6.45) is 7.19. The fraction of sp³-hybridized carbons (Fsp3) is 0.667. The van der Waals surface area contributed by atoms with E-state index in [9.17, 15) is 9.59 Å². The Kier molecular flexibility index (Phi) is 5.27. The Morgan fingerprint density at radius 2 is 2.14 bits per heavy atom. The first-order valence-corrected chi connectivity index (χ1v) is 10.3. The third kappa shape index (κ3) is 3.48. The van der Waals surface area contributed by atoms with Gasteiger partial charge in [-0.1, -0.05) is 12.8 Å². The SMILES string of the molecule is COc1nc2c(cc1CNC(=O)C1(C)CCCCO1)C(=O)N(C1CCCC1)C2. The summed E-state index contributed by atoms with van der Waals surface area (Å²) in [5.41, 5.74) is 1.34. The van der Waals surface area contributed by atoms with Gasteiger partial charge in [0.2, 0.25) is 5.88 Å². The molecule has 0 bridgehead atoms. The second-order valence-corrected chi connectivity index (χ2v) is 8.24. The van der Waals surface area contributed by atoms with Gasteiger partial charge in [0.05, 0.1) is 24.9 Å². The van der Waals surface area contributed by atoms with Gasteiger partial charge in [0, 0.05) is 24.8 Å². The maximum absolute atomic E-state index is 12.9. The molecule has 0 aromatic carbocycles. The highest BCUT2D eigenvalue weighted by Gasteiger charge is 2.37. The Morgan fingerprint density at radius 3 is 2.82 bits per heavy atom. The fourth-order valence-corrected chi connectivity index (χ4v) is 4.56. The smallest absolute Gasteiger partial charge is 0.256 e. The van der Waals surface area contributed by atoms with Crippen LogP contribution < -0.4 is 10.1 Å². The van der Waals surface area contributed by atoms with Crippen molar-refractivity contribution in [1.82, 2.24) is 15.2 Å². The van der Waals surface area contributed by atoms with Crippen molar-refractivity contribution in [2.75, 3.05) is 13.7 Å². The molecular formula is C21H29N3O4. The standard InChI is InChI=1S/C21H29N3O4/c1-21(9-5-6-10-28-21)20(26)22-12-14-11-16-17(23-18(14)27-2)13-24(19(16)25)15-7-3-4-8-15/h11,15H,3-10,12-13H2,1-2H3,(H,22,26). The van der Waals surface area contributed by atoms with E-state index in [1.54, 1.807) is 7.11 Å². The first kappa shape index (κ1) is 19.2. The molecule has 1 aromatic rings. The molecule has 152 valence electrons. The van der Waals surface area contributed by atoms with Gasteiger partial charge in [-0.25, -0.2) is 4.98 Å². The largest absolute Gasteiger partial charge is 0.481 e. The van der Waals surface area contributed by atoms with Crippen LogP contribution in [0.3, 0.4) is 0 Å². The molecule has 2 aliphatic heterocycles. The van der Waals surface area contributed by atoms with E-state index in [1.165, 1.54) is 12.8 Å². The molecule has 1 N–H and O–H groups in total. The van der Waals surface area contributed by atoms with Crippen molar-refractivity contribution in [1.29, 1.82) is 0 Å². The lowest BCUT2D eigenvalue weighted by Crippen LogP contribution is -2.48. The molecule has 7 nitrogen and oxygen atoms in total. The Bertz CT molecular complexity index is 767. The maximum atomic E-state index is 12.9. The summed E-state index contributed by atoms with van der Waals surface area (Å²) in [7, 11) is 1.57. The second kappa shape index (κ2) is 7.70. The van der Waals surface area contributed by atoms with Crippen LogP contribution >= 0.6 is 0 Å². The summed E-state index contributed by atoms with van der Waals surface area (Å²) in [4.78, 5) is 32.1. The number of carbonyl (C=O) groups is 2. The number of amides is 2. The van der Waals surface area contributed by atoms with E-state index in [4.69, 9.17) is 9.47 Å². The number of methoxy groups -OCH3 is 1. The quantitative estimate of drug-likeness (QED) is 0.840. The molecule has 3 heterocycles. The first-order valence-electron chi connectivity index (χ1n) is 10.3. The van der Waals surface area contributed by atoms with E-state index >= 15 is 0 Å². The van der Waals surface area contributed by atoms with Gasteiger partial charge < -0.3 is 19.7 Å². The molecule has 1 unspecified atom stereocenters. The van der Waals surface area contributed by atoms with E-state index < -0.39 is 5.60 Å². The van der Waals surface area contributed by atoms with E-state index in [0.29, 0.717) is 37.1 Å². The normalized spacial score (nSPS) is 25.1. The van der Waals surface area contributed by atoms with Crippen molar-refractivity contribution < 1.29 is 19.1 Å². The third-order valence-corrected chi connectivity index (χ3v) is 6.30. The van der Waals surface area contributed by atoms with Gasteiger partial charge in [0.15, 0.2) is 0 Å². The van der Waals surface area contributed by atoms with Crippen LogP contribution in [0.5, 0.6) is 5.88 Å². The molecule has 0 spiro atoms. The summed E-state index contributed by atoms with van der Waals surface area (Å²) in [5, 5.41) is 2.95. The fourth-order valence-electron chi connectivity index (χ4n) is 4.56. The lowest BCUT2D eigenvalue weighted by atomic mass is 9.95. The highest BCUT2D eigenvalue weighted by atomic mass is 16.5. The highest BCUT2D eigenvalue weighted by Crippen LogP contribution is 2.33. The minimum atomic E-state index is -0.787. The summed E-state index contributed by atoms with van der Waals surface area (Å²) in [5.74, 6) is 0.385. The molecule has 1 aromatic heterocycles. The van der Waals surface area contributed by atoms with Crippen molar-refractivity contribution in [3.63, 3.8) is 0 Å². The van der Waals surface area contributed by atoms with Gasteiger partial charge in [0.25, 0.3) is 11.8 Å². The summed E-state index contributed by atoms with van der Waals surface area (Å²) in [6.45, 7) is 3.26. The summed E-state index contributed by atoms with van der Waals surface area (Å²) in [6, 6.07) is 2.15. The number of pyridine rings is 1. The Labute approximate surface area is 165 Å². The number of hydrogen-bond acceptors (Lipinski definition) is 5. The molecule has 28 heavy (non-hydrogen) atoms. The number of ether oxygens (including phenoxy) is 2. The molecule has 2 amide bonds. The van der Waals surface area contributed by atoms with Crippen molar-refractivity contribution in [2.45, 2.75) is 76.6 Å². The van der Waals surface area contributed by atoms with Crippen molar-refractivity contribution in [3.8, 4) is 5.88 Å². The molecule has 1 saturated carbocycles.